The lowest BCUT2D eigenvalue weighted by Crippen LogP contribution is -2.29. The van der Waals surface area contributed by atoms with Crippen LogP contribution in [0.3, 0.4) is 0 Å². The lowest BCUT2D eigenvalue weighted by molar-refractivity contribution is -0.140. The first kappa shape index (κ1) is 31.6. The molecule has 2 aliphatic heterocycles. The lowest BCUT2D eigenvalue weighted by atomic mass is 10.0. The number of carbonyl (C=O) groups excluding carboxylic acids is 2. The first-order chi connectivity index (χ1) is 21.2. The van der Waals surface area contributed by atoms with Gasteiger partial charge in [-0.1, -0.05) is 6.92 Å². The topological polar surface area (TPSA) is 134 Å². The molecule has 0 bridgehead atoms. The number of nitrogens with zero attached hydrogens (tertiary/aromatic N) is 3. The van der Waals surface area contributed by atoms with Crippen molar-refractivity contribution in [1.82, 2.24) is 20.3 Å². The standard InChI is InChI=1S/C29H32F3N5O6S/c1-2-7-33-28(39)37-24-13-21(26-36-23(16-44-26)29(30,31)32)22(15-34-24)20-12-17(27(38)43-19-5-10-41-11-6-19)14-35-25(20)42-18-3-8-40-9-4-18/h12-16,18-19H,2-11H2,1H3,(H2,33,34,37,39). The summed E-state index contributed by atoms with van der Waals surface area (Å²) in [6.07, 6.45) is 0.604. The number of halogens is 3. The zero-order valence-electron chi connectivity index (χ0n) is 23.9. The molecule has 2 fully saturated rings. The van der Waals surface area contributed by atoms with Crippen LogP contribution in [0.2, 0.25) is 0 Å². The molecule has 3 aromatic heterocycles. The van der Waals surface area contributed by atoms with Crippen molar-refractivity contribution < 1.29 is 41.7 Å². The molecule has 0 aliphatic carbocycles. The van der Waals surface area contributed by atoms with Gasteiger partial charge < -0.3 is 24.3 Å². The van der Waals surface area contributed by atoms with Crippen molar-refractivity contribution in [2.24, 2.45) is 0 Å². The van der Waals surface area contributed by atoms with E-state index in [-0.39, 0.29) is 40.0 Å². The predicted octanol–water partition coefficient (Wildman–Crippen LogP) is 5.71. The second-order valence-corrected chi connectivity index (χ2v) is 11.1. The molecule has 2 amide bonds. The monoisotopic (exact) mass is 635 g/mol. The quantitative estimate of drug-likeness (QED) is 0.284. The van der Waals surface area contributed by atoms with E-state index in [2.05, 4.69) is 25.6 Å². The number of rotatable bonds is 9. The number of carbonyl (C=O) groups is 2. The van der Waals surface area contributed by atoms with Crippen LogP contribution in [0, 0.1) is 0 Å². The molecule has 5 heterocycles. The number of nitrogens with one attached hydrogen (secondary N) is 2. The Morgan fingerprint density at radius 1 is 0.977 bits per heavy atom. The minimum absolute atomic E-state index is 0.0268. The Kier molecular flexibility index (Phi) is 10.3. The average Bonchev–Trinajstić information content (AvgIpc) is 3.53. The van der Waals surface area contributed by atoms with Gasteiger partial charge in [-0.05, 0) is 18.6 Å². The third-order valence-electron chi connectivity index (χ3n) is 6.97. The number of pyridine rings is 2. The van der Waals surface area contributed by atoms with Crippen molar-refractivity contribution in [3.8, 4) is 27.6 Å². The van der Waals surface area contributed by atoms with Crippen molar-refractivity contribution in [2.75, 3.05) is 38.3 Å². The number of esters is 1. The Hall–Kier alpha value is -3.82. The average molecular weight is 636 g/mol. The Labute approximate surface area is 255 Å². The Bertz CT molecular complexity index is 1460. The van der Waals surface area contributed by atoms with E-state index in [0.717, 1.165) is 16.7 Å². The highest BCUT2D eigenvalue weighted by Gasteiger charge is 2.34. The van der Waals surface area contributed by atoms with Crippen LogP contribution in [-0.2, 0) is 20.4 Å². The lowest BCUT2D eigenvalue weighted by Gasteiger charge is -2.25. The number of anilines is 1. The summed E-state index contributed by atoms with van der Waals surface area (Å²) in [5, 5.41) is 6.22. The molecule has 5 rings (SSSR count). The fraction of sp³-hybridized carbons (Fsp3) is 0.483. The number of thiazole rings is 1. The van der Waals surface area contributed by atoms with E-state index in [4.69, 9.17) is 18.9 Å². The van der Waals surface area contributed by atoms with Crippen LogP contribution in [0.15, 0.2) is 29.9 Å². The van der Waals surface area contributed by atoms with E-state index in [1.54, 1.807) is 0 Å². The van der Waals surface area contributed by atoms with E-state index < -0.39 is 23.9 Å². The van der Waals surface area contributed by atoms with Gasteiger partial charge in [0.05, 0.1) is 32.0 Å². The molecule has 2 aliphatic rings. The molecule has 2 saturated heterocycles. The third kappa shape index (κ3) is 8.01. The van der Waals surface area contributed by atoms with E-state index >= 15 is 0 Å². The van der Waals surface area contributed by atoms with Crippen molar-refractivity contribution in [3.63, 3.8) is 0 Å². The van der Waals surface area contributed by atoms with Gasteiger partial charge in [0.1, 0.15) is 23.0 Å². The van der Waals surface area contributed by atoms with Crippen molar-refractivity contribution in [3.05, 3.63) is 41.2 Å². The fourth-order valence-electron chi connectivity index (χ4n) is 4.66. The van der Waals surface area contributed by atoms with Gasteiger partial charge in [0.25, 0.3) is 0 Å². The van der Waals surface area contributed by atoms with Crippen LogP contribution in [0.1, 0.15) is 55.1 Å². The predicted molar refractivity (Wildman–Crippen MR) is 155 cm³/mol. The van der Waals surface area contributed by atoms with Crippen LogP contribution < -0.4 is 15.4 Å². The van der Waals surface area contributed by atoms with Crippen LogP contribution in [0.25, 0.3) is 21.7 Å². The Morgan fingerprint density at radius 2 is 1.68 bits per heavy atom. The summed E-state index contributed by atoms with van der Waals surface area (Å²) in [5.41, 5.74) is -0.0667. The van der Waals surface area contributed by atoms with Gasteiger partial charge in [-0.25, -0.2) is 24.5 Å². The molecule has 11 nitrogen and oxygen atoms in total. The maximum atomic E-state index is 13.5. The van der Waals surface area contributed by atoms with Gasteiger partial charge >= 0.3 is 18.2 Å². The maximum absolute atomic E-state index is 13.5. The summed E-state index contributed by atoms with van der Waals surface area (Å²) in [4.78, 5) is 38.2. The van der Waals surface area contributed by atoms with Crippen LogP contribution >= 0.6 is 11.3 Å². The Morgan fingerprint density at radius 3 is 2.34 bits per heavy atom. The minimum Gasteiger partial charge on any atom is -0.474 e. The highest BCUT2D eigenvalue weighted by Crippen LogP contribution is 2.41. The number of hydrogen-bond donors (Lipinski definition) is 2. The van der Waals surface area contributed by atoms with Crippen LogP contribution in [0.4, 0.5) is 23.8 Å². The highest BCUT2D eigenvalue weighted by molar-refractivity contribution is 7.13. The molecule has 0 radical (unpaired) electrons. The number of ether oxygens (including phenoxy) is 4. The van der Waals surface area contributed by atoms with Gasteiger partial charge in [0, 0.05) is 66.7 Å². The number of amides is 2. The molecule has 3 aromatic rings. The number of hydrogen-bond acceptors (Lipinski definition) is 10. The number of aromatic nitrogens is 3. The molecule has 44 heavy (non-hydrogen) atoms. The van der Waals surface area contributed by atoms with Crippen molar-refractivity contribution in [1.29, 1.82) is 0 Å². The number of alkyl halides is 3. The summed E-state index contributed by atoms with van der Waals surface area (Å²) in [7, 11) is 0. The van der Waals surface area contributed by atoms with Gasteiger partial charge in [-0.15, -0.1) is 11.3 Å². The molecule has 0 aromatic carbocycles. The molecule has 0 saturated carbocycles. The summed E-state index contributed by atoms with van der Waals surface area (Å²) in [5.74, 6) is -0.343. The van der Waals surface area contributed by atoms with E-state index in [1.165, 1.54) is 24.5 Å². The van der Waals surface area contributed by atoms with E-state index in [1.807, 2.05) is 6.92 Å². The smallest absolute Gasteiger partial charge is 0.434 e. The highest BCUT2D eigenvalue weighted by atomic mass is 32.1. The minimum atomic E-state index is -4.66. The van der Waals surface area contributed by atoms with Gasteiger partial charge in [-0.2, -0.15) is 13.2 Å². The van der Waals surface area contributed by atoms with E-state index in [9.17, 15) is 22.8 Å². The summed E-state index contributed by atoms with van der Waals surface area (Å²) in [6, 6.07) is 2.45. The molecular formula is C29H32F3N5O6S. The van der Waals surface area contributed by atoms with Gasteiger partial charge in [0.15, 0.2) is 5.69 Å². The summed E-state index contributed by atoms with van der Waals surface area (Å²) >= 11 is 0.787. The molecule has 0 spiro atoms. The van der Waals surface area contributed by atoms with E-state index in [0.29, 0.717) is 76.2 Å². The normalized spacial score (nSPS) is 16.4. The van der Waals surface area contributed by atoms with Crippen LogP contribution in [0.5, 0.6) is 5.88 Å². The van der Waals surface area contributed by atoms with Crippen LogP contribution in [-0.4, -0.2) is 72.1 Å². The van der Waals surface area contributed by atoms with Crippen molar-refractivity contribution in [2.45, 2.75) is 57.4 Å². The molecule has 15 heteroatoms. The SMILES string of the molecule is CCCNC(=O)Nc1cc(-c2nc(C(F)(F)F)cs2)c(-c2cc(C(=O)OC3CCOCC3)cnc2OC2CCOCC2)cn1. The number of urea groups is 1. The molecule has 236 valence electrons. The van der Waals surface area contributed by atoms with Gasteiger partial charge in [0.2, 0.25) is 5.88 Å². The summed E-state index contributed by atoms with van der Waals surface area (Å²) in [6.45, 7) is 4.29. The first-order valence-electron chi connectivity index (χ1n) is 14.3. The summed E-state index contributed by atoms with van der Waals surface area (Å²) < 4.78 is 63.3. The zero-order chi connectivity index (χ0) is 31.1. The second-order valence-electron chi connectivity index (χ2n) is 10.3. The second kappa shape index (κ2) is 14.3. The first-order valence-corrected chi connectivity index (χ1v) is 15.2. The fourth-order valence-corrected chi connectivity index (χ4v) is 5.51. The Balaban J connectivity index is 1.57. The van der Waals surface area contributed by atoms with Gasteiger partial charge in [-0.3, -0.25) is 5.32 Å². The molecule has 2 N–H and O–H groups in total. The maximum Gasteiger partial charge on any atom is 0.434 e. The molecule has 0 unspecified atom stereocenters. The molecular weight excluding hydrogens is 603 g/mol. The molecule has 0 atom stereocenters. The third-order valence-corrected chi connectivity index (χ3v) is 7.85. The zero-order valence-corrected chi connectivity index (χ0v) is 24.8. The van der Waals surface area contributed by atoms with Crippen molar-refractivity contribution >= 4 is 29.2 Å². The largest absolute Gasteiger partial charge is 0.474 e.